The number of Topliss-reactive ketones (excluding diaryl/α,β-unsaturated/α-hetero) is 1. The van der Waals surface area contributed by atoms with Gasteiger partial charge in [-0.2, -0.15) is 0 Å². The number of hydrogen-bond donors (Lipinski definition) is 2. The minimum atomic E-state index is -1.20. The lowest BCUT2D eigenvalue weighted by molar-refractivity contribution is -0.150. The first kappa shape index (κ1) is 18.0. The SMILES string of the molecule is CC(=O)c1cccc(OCC(=O)NC2(C(=O)O)CCC(C)CC2)c1. The van der Waals surface area contributed by atoms with Gasteiger partial charge in [-0.05, 0) is 50.7 Å². The van der Waals surface area contributed by atoms with Crippen LogP contribution in [0.1, 0.15) is 49.9 Å². The Kier molecular flexibility index (Phi) is 5.59. The summed E-state index contributed by atoms with van der Waals surface area (Å²) in [5.74, 6) is -0.688. The summed E-state index contributed by atoms with van der Waals surface area (Å²) >= 11 is 0. The maximum atomic E-state index is 12.1. The van der Waals surface area contributed by atoms with Crippen molar-refractivity contribution in [3.05, 3.63) is 29.8 Å². The van der Waals surface area contributed by atoms with E-state index in [1.807, 2.05) is 0 Å². The van der Waals surface area contributed by atoms with Gasteiger partial charge in [0.25, 0.3) is 5.91 Å². The van der Waals surface area contributed by atoms with E-state index in [1.165, 1.54) is 6.92 Å². The average Bonchev–Trinajstić information content (AvgIpc) is 2.55. The van der Waals surface area contributed by atoms with E-state index in [9.17, 15) is 19.5 Å². The zero-order chi connectivity index (χ0) is 17.7. The fourth-order valence-corrected chi connectivity index (χ4v) is 2.90. The lowest BCUT2D eigenvalue weighted by Crippen LogP contribution is -2.57. The molecule has 2 N–H and O–H groups in total. The molecule has 0 radical (unpaired) electrons. The maximum Gasteiger partial charge on any atom is 0.329 e. The Morgan fingerprint density at radius 2 is 1.96 bits per heavy atom. The second kappa shape index (κ2) is 7.47. The normalized spacial score (nSPS) is 23.3. The molecule has 1 amide bonds. The van der Waals surface area contributed by atoms with E-state index in [1.54, 1.807) is 24.3 Å². The van der Waals surface area contributed by atoms with Crippen molar-refractivity contribution in [3.8, 4) is 5.75 Å². The number of carbonyl (C=O) groups excluding carboxylic acids is 2. The molecule has 1 aromatic carbocycles. The summed E-state index contributed by atoms with van der Waals surface area (Å²) in [7, 11) is 0. The second-order valence-electron chi connectivity index (χ2n) is 6.49. The van der Waals surface area contributed by atoms with Gasteiger partial charge < -0.3 is 15.2 Å². The zero-order valence-corrected chi connectivity index (χ0v) is 14.0. The molecule has 1 aliphatic carbocycles. The van der Waals surface area contributed by atoms with Gasteiger partial charge >= 0.3 is 5.97 Å². The van der Waals surface area contributed by atoms with Crippen LogP contribution in [0.15, 0.2) is 24.3 Å². The van der Waals surface area contributed by atoms with Crippen molar-refractivity contribution in [3.63, 3.8) is 0 Å². The van der Waals surface area contributed by atoms with Gasteiger partial charge in [0.2, 0.25) is 0 Å². The van der Waals surface area contributed by atoms with Crippen LogP contribution in [0, 0.1) is 5.92 Å². The van der Waals surface area contributed by atoms with Crippen molar-refractivity contribution in [1.29, 1.82) is 0 Å². The number of carboxylic acids is 1. The summed E-state index contributed by atoms with van der Waals surface area (Å²) in [6.45, 7) is 3.25. The van der Waals surface area contributed by atoms with E-state index in [0.29, 0.717) is 30.1 Å². The highest BCUT2D eigenvalue weighted by molar-refractivity contribution is 5.94. The molecule has 1 aromatic rings. The lowest BCUT2D eigenvalue weighted by Gasteiger charge is -2.36. The Hall–Kier alpha value is -2.37. The summed E-state index contributed by atoms with van der Waals surface area (Å²) in [5, 5.41) is 12.1. The summed E-state index contributed by atoms with van der Waals surface area (Å²) in [5.41, 5.74) is -0.704. The van der Waals surface area contributed by atoms with Gasteiger partial charge in [0.1, 0.15) is 11.3 Å². The predicted molar refractivity (Wildman–Crippen MR) is 88.1 cm³/mol. The standard InChI is InChI=1S/C18H23NO5/c1-12-6-8-18(9-7-12,17(22)23)19-16(21)11-24-15-5-3-4-14(10-15)13(2)20/h3-5,10,12H,6-9,11H2,1-2H3,(H,19,21)(H,22,23). The Labute approximate surface area is 141 Å². The van der Waals surface area contributed by atoms with E-state index >= 15 is 0 Å². The van der Waals surface area contributed by atoms with Crippen molar-refractivity contribution in [2.24, 2.45) is 5.92 Å². The summed E-state index contributed by atoms with van der Waals surface area (Å²) < 4.78 is 5.39. The van der Waals surface area contributed by atoms with Crippen LogP contribution in [0.2, 0.25) is 0 Å². The molecule has 24 heavy (non-hydrogen) atoms. The number of hydrogen-bond acceptors (Lipinski definition) is 4. The van der Waals surface area contributed by atoms with Crippen molar-refractivity contribution < 1.29 is 24.2 Å². The van der Waals surface area contributed by atoms with Gasteiger partial charge in [-0.1, -0.05) is 19.1 Å². The molecule has 0 heterocycles. The smallest absolute Gasteiger partial charge is 0.329 e. The van der Waals surface area contributed by atoms with Gasteiger partial charge in [-0.15, -0.1) is 0 Å². The summed E-state index contributed by atoms with van der Waals surface area (Å²) in [6.07, 6.45) is 2.40. The van der Waals surface area contributed by atoms with Crippen molar-refractivity contribution in [2.75, 3.05) is 6.61 Å². The van der Waals surface area contributed by atoms with Gasteiger partial charge in [-0.3, -0.25) is 9.59 Å². The molecular formula is C18H23NO5. The zero-order valence-electron chi connectivity index (χ0n) is 14.0. The number of rotatable bonds is 6. The first-order chi connectivity index (χ1) is 11.3. The molecule has 2 rings (SSSR count). The molecule has 0 aromatic heterocycles. The Morgan fingerprint density at radius 3 is 2.54 bits per heavy atom. The minimum absolute atomic E-state index is 0.0916. The van der Waals surface area contributed by atoms with Crippen LogP contribution in [0.5, 0.6) is 5.75 Å². The van der Waals surface area contributed by atoms with E-state index in [-0.39, 0.29) is 12.4 Å². The van der Waals surface area contributed by atoms with Crippen LogP contribution >= 0.6 is 0 Å². The molecule has 0 unspecified atom stereocenters. The van der Waals surface area contributed by atoms with E-state index in [0.717, 1.165) is 12.8 Å². The molecule has 1 aliphatic rings. The molecule has 0 aliphatic heterocycles. The number of ether oxygens (including phenoxy) is 1. The van der Waals surface area contributed by atoms with Gasteiger partial charge in [0.15, 0.2) is 12.4 Å². The number of benzene rings is 1. The average molecular weight is 333 g/mol. The molecule has 0 atom stereocenters. The Balaban J connectivity index is 1.95. The molecule has 6 nitrogen and oxygen atoms in total. The molecular weight excluding hydrogens is 310 g/mol. The van der Waals surface area contributed by atoms with Crippen LogP contribution in [-0.4, -0.2) is 34.9 Å². The second-order valence-corrected chi connectivity index (χ2v) is 6.49. The van der Waals surface area contributed by atoms with E-state index in [4.69, 9.17) is 4.74 Å². The Bertz CT molecular complexity index is 632. The highest BCUT2D eigenvalue weighted by Gasteiger charge is 2.42. The van der Waals surface area contributed by atoms with Gasteiger partial charge in [-0.25, -0.2) is 4.79 Å². The van der Waals surface area contributed by atoms with Gasteiger partial charge in [0.05, 0.1) is 0 Å². The third kappa shape index (κ3) is 4.34. The predicted octanol–water partition coefficient (Wildman–Crippen LogP) is 2.42. The topological polar surface area (TPSA) is 92.7 Å². The van der Waals surface area contributed by atoms with E-state index in [2.05, 4.69) is 12.2 Å². The van der Waals surface area contributed by atoms with Crippen LogP contribution in [0.25, 0.3) is 0 Å². The maximum absolute atomic E-state index is 12.1. The molecule has 6 heteroatoms. The number of aliphatic carboxylic acids is 1. The van der Waals surface area contributed by atoms with Crippen LogP contribution in [-0.2, 0) is 9.59 Å². The van der Waals surface area contributed by atoms with Crippen LogP contribution in [0.4, 0.5) is 0 Å². The first-order valence-electron chi connectivity index (χ1n) is 8.10. The van der Waals surface area contributed by atoms with Crippen molar-refractivity contribution >= 4 is 17.7 Å². The molecule has 0 bridgehead atoms. The minimum Gasteiger partial charge on any atom is -0.484 e. The van der Waals surface area contributed by atoms with E-state index < -0.39 is 17.4 Å². The number of carboxylic acid groups (broad SMARTS) is 1. The van der Waals surface area contributed by atoms with Crippen LogP contribution in [0.3, 0.4) is 0 Å². The Morgan fingerprint density at radius 1 is 1.29 bits per heavy atom. The largest absolute Gasteiger partial charge is 0.484 e. The summed E-state index contributed by atoms with van der Waals surface area (Å²) in [6, 6.07) is 6.54. The lowest BCUT2D eigenvalue weighted by atomic mass is 9.77. The fraction of sp³-hybridized carbons (Fsp3) is 0.500. The molecule has 0 saturated heterocycles. The molecule has 1 fully saturated rings. The number of nitrogens with one attached hydrogen (secondary N) is 1. The van der Waals surface area contributed by atoms with Gasteiger partial charge in [0, 0.05) is 5.56 Å². The van der Waals surface area contributed by atoms with Crippen LogP contribution < -0.4 is 10.1 Å². The monoisotopic (exact) mass is 333 g/mol. The number of amides is 1. The number of carbonyl (C=O) groups is 3. The molecule has 1 saturated carbocycles. The van der Waals surface area contributed by atoms with Crippen molar-refractivity contribution in [2.45, 2.75) is 45.1 Å². The fourth-order valence-electron chi connectivity index (χ4n) is 2.90. The highest BCUT2D eigenvalue weighted by atomic mass is 16.5. The quantitative estimate of drug-likeness (QED) is 0.780. The third-order valence-corrected chi connectivity index (χ3v) is 4.53. The number of ketones is 1. The first-order valence-corrected chi connectivity index (χ1v) is 8.10. The third-order valence-electron chi connectivity index (χ3n) is 4.53. The molecule has 130 valence electrons. The summed E-state index contributed by atoms with van der Waals surface area (Å²) in [4.78, 5) is 35.1. The molecule has 0 spiro atoms. The van der Waals surface area contributed by atoms with Crippen molar-refractivity contribution in [1.82, 2.24) is 5.32 Å². The highest BCUT2D eigenvalue weighted by Crippen LogP contribution is 2.32.